The van der Waals surface area contributed by atoms with E-state index in [4.69, 9.17) is 8.83 Å². The van der Waals surface area contributed by atoms with Gasteiger partial charge in [0.25, 0.3) is 0 Å². The van der Waals surface area contributed by atoms with Crippen molar-refractivity contribution >= 4 is 47.3 Å². The van der Waals surface area contributed by atoms with E-state index in [1.54, 1.807) is 36.4 Å². The van der Waals surface area contributed by atoms with Crippen molar-refractivity contribution in [3.05, 3.63) is 108 Å². The first-order chi connectivity index (χ1) is 17.4. The summed E-state index contributed by atoms with van der Waals surface area (Å²) >= 11 is 0. The third-order valence-electron chi connectivity index (χ3n) is 4.42. The quantitative estimate of drug-likeness (QED) is 0.186. The van der Waals surface area contributed by atoms with Gasteiger partial charge in [0.2, 0.25) is 11.6 Å². The first-order valence-electron chi connectivity index (χ1n) is 10.2. The second kappa shape index (κ2) is 13.9. The standard InChI is InChI=1S/2C13H9NO4.Ni/c2*15-11(12-6-3-7-18-12)8-14-10-5-2-1-4-9(10)13(16)17;/h2*1-8H,(H,16,17);/q;;+2/p-2. The van der Waals surface area contributed by atoms with Gasteiger partial charge in [-0.05, 0) is 36.4 Å². The van der Waals surface area contributed by atoms with Crippen molar-refractivity contribution in [1.82, 2.24) is 0 Å². The summed E-state index contributed by atoms with van der Waals surface area (Å²) in [4.78, 5) is 52.4. The van der Waals surface area contributed by atoms with Crippen molar-refractivity contribution in [2.24, 2.45) is 9.98 Å². The van der Waals surface area contributed by atoms with Crippen molar-refractivity contribution in [1.29, 1.82) is 0 Å². The molecule has 0 saturated carbocycles. The van der Waals surface area contributed by atoms with E-state index in [0.717, 1.165) is 12.4 Å². The Labute approximate surface area is 219 Å². The molecular weight excluding hydrogens is 527 g/mol. The number of para-hydroxylation sites is 2. The van der Waals surface area contributed by atoms with Crippen LogP contribution in [0.5, 0.6) is 0 Å². The van der Waals surface area contributed by atoms with Gasteiger partial charge in [-0.1, -0.05) is 36.4 Å². The maximum Gasteiger partial charge on any atom is 2.00 e. The second-order valence-electron chi connectivity index (χ2n) is 6.81. The molecule has 0 N–H and O–H groups in total. The Morgan fingerprint density at radius 2 is 0.973 bits per heavy atom. The largest absolute Gasteiger partial charge is 2.00 e. The van der Waals surface area contributed by atoms with E-state index in [9.17, 15) is 29.4 Å². The van der Waals surface area contributed by atoms with Crippen molar-refractivity contribution in [3.63, 3.8) is 0 Å². The molecule has 4 aromatic rings. The Morgan fingerprint density at radius 3 is 1.30 bits per heavy atom. The van der Waals surface area contributed by atoms with Crippen LogP contribution in [0, 0.1) is 0 Å². The Hall–Kier alpha value is -4.89. The zero-order valence-corrected chi connectivity index (χ0v) is 19.7. The number of hydrogen-bond donors (Lipinski definition) is 0. The van der Waals surface area contributed by atoms with Crippen molar-refractivity contribution < 1.29 is 54.7 Å². The molecule has 10 nitrogen and oxygen atoms in total. The molecule has 0 bridgehead atoms. The van der Waals surface area contributed by atoms with Gasteiger partial charge in [-0.3, -0.25) is 19.6 Å². The Morgan fingerprint density at radius 1 is 0.595 bits per heavy atom. The minimum absolute atomic E-state index is 0. The summed E-state index contributed by atoms with van der Waals surface area (Å²) in [7, 11) is 0. The molecule has 0 amide bonds. The molecule has 0 aliphatic heterocycles. The van der Waals surface area contributed by atoms with Crippen molar-refractivity contribution in [2.75, 3.05) is 0 Å². The number of ketones is 2. The topological polar surface area (TPSA) is 165 Å². The number of hydrogen-bond acceptors (Lipinski definition) is 10. The molecule has 0 saturated heterocycles. The van der Waals surface area contributed by atoms with Gasteiger partial charge >= 0.3 is 16.5 Å². The number of carbonyl (C=O) groups excluding carboxylic acids is 4. The average Bonchev–Trinajstić information content (AvgIpc) is 3.61. The molecule has 0 spiro atoms. The predicted molar refractivity (Wildman–Crippen MR) is 124 cm³/mol. The number of carboxylic acids is 2. The third-order valence-corrected chi connectivity index (χ3v) is 4.42. The molecule has 0 unspecified atom stereocenters. The minimum Gasteiger partial charge on any atom is -0.545 e. The number of carboxylic acid groups (broad SMARTS) is 2. The van der Waals surface area contributed by atoms with E-state index in [1.165, 1.54) is 48.9 Å². The summed E-state index contributed by atoms with van der Waals surface area (Å²) in [5, 5.41) is 21.6. The van der Waals surface area contributed by atoms with E-state index in [0.29, 0.717) is 0 Å². The molecule has 37 heavy (non-hydrogen) atoms. The number of furan rings is 2. The third kappa shape index (κ3) is 8.08. The fourth-order valence-electron chi connectivity index (χ4n) is 2.74. The van der Waals surface area contributed by atoms with E-state index in [-0.39, 0.29) is 50.5 Å². The molecule has 2 heterocycles. The first-order valence-corrected chi connectivity index (χ1v) is 10.2. The second-order valence-corrected chi connectivity index (χ2v) is 6.81. The normalized spacial score (nSPS) is 10.4. The van der Waals surface area contributed by atoms with Crippen molar-refractivity contribution in [3.8, 4) is 0 Å². The van der Waals surface area contributed by atoms with Crippen LogP contribution < -0.4 is 10.2 Å². The van der Waals surface area contributed by atoms with Crippen LogP contribution in [-0.2, 0) is 16.5 Å². The predicted octanol–water partition coefficient (Wildman–Crippen LogP) is 2.45. The molecule has 0 atom stereocenters. The van der Waals surface area contributed by atoms with E-state index >= 15 is 0 Å². The van der Waals surface area contributed by atoms with Gasteiger partial charge in [-0.25, -0.2) is 0 Å². The summed E-state index contributed by atoms with van der Waals surface area (Å²) in [5.74, 6) is -3.27. The molecule has 0 fully saturated rings. The fraction of sp³-hybridized carbons (Fsp3) is 0. The van der Waals surface area contributed by atoms with Gasteiger partial charge in [0.05, 0.1) is 48.3 Å². The number of benzene rings is 2. The molecule has 188 valence electrons. The zero-order valence-electron chi connectivity index (χ0n) is 18.7. The Balaban J connectivity index is 0.000000253. The van der Waals surface area contributed by atoms with Gasteiger partial charge < -0.3 is 28.6 Å². The average molecular weight is 543 g/mol. The van der Waals surface area contributed by atoms with Crippen LogP contribution >= 0.6 is 0 Å². The van der Waals surface area contributed by atoms with Crippen LogP contribution in [0.15, 0.2) is 104 Å². The van der Waals surface area contributed by atoms with Crippen LogP contribution in [0.2, 0.25) is 0 Å². The Kier molecular flexibility index (Phi) is 10.6. The number of nitrogens with zero attached hydrogens (tertiary/aromatic N) is 2. The van der Waals surface area contributed by atoms with Gasteiger partial charge in [0.15, 0.2) is 11.5 Å². The molecule has 4 rings (SSSR count). The summed E-state index contributed by atoms with van der Waals surface area (Å²) in [6.07, 6.45) is 4.77. The van der Waals surface area contributed by atoms with Crippen molar-refractivity contribution in [2.45, 2.75) is 0 Å². The van der Waals surface area contributed by atoms with E-state index in [2.05, 4.69) is 9.98 Å². The van der Waals surface area contributed by atoms with Crippen LogP contribution in [0.3, 0.4) is 0 Å². The number of aliphatic imine (C=N–C) groups is 2. The van der Waals surface area contributed by atoms with Gasteiger partial charge in [-0.15, -0.1) is 0 Å². The monoisotopic (exact) mass is 542 g/mol. The fourth-order valence-corrected chi connectivity index (χ4v) is 2.74. The van der Waals surface area contributed by atoms with Crippen LogP contribution in [0.1, 0.15) is 41.8 Å². The van der Waals surface area contributed by atoms with Gasteiger partial charge in [0, 0.05) is 11.1 Å². The molecule has 11 heteroatoms. The van der Waals surface area contributed by atoms with E-state index < -0.39 is 23.5 Å². The van der Waals surface area contributed by atoms with Gasteiger partial charge in [-0.2, -0.15) is 0 Å². The van der Waals surface area contributed by atoms with Gasteiger partial charge in [0.1, 0.15) is 0 Å². The summed E-state index contributed by atoms with van der Waals surface area (Å²) in [5.41, 5.74) is 0.191. The Bertz CT molecular complexity index is 1310. The van der Waals surface area contributed by atoms with Crippen LogP contribution in [0.4, 0.5) is 11.4 Å². The summed E-state index contributed by atoms with van der Waals surface area (Å²) < 4.78 is 9.78. The number of carbonyl (C=O) groups is 4. The number of rotatable bonds is 8. The molecule has 0 aliphatic carbocycles. The SMILES string of the molecule is O=C(C=Nc1ccccc1C(=O)[O-])c1ccco1.O=C(C=Nc1ccccc1C(=O)[O-])c1ccco1.[Ni+2]. The van der Waals surface area contributed by atoms with E-state index in [1.807, 2.05) is 0 Å². The molecule has 2 aromatic heterocycles. The smallest absolute Gasteiger partial charge is 0.545 e. The van der Waals surface area contributed by atoms with Crippen LogP contribution in [0.25, 0.3) is 0 Å². The maximum atomic E-state index is 11.6. The molecule has 0 radical (unpaired) electrons. The maximum absolute atomic E-state index is 11.6. The molecule has 0 aliphatic rings. The molecular formula is C26H16N2NiO8. The summed E-state index contributed by atoms with van der Waals surface area (Å²) in [6, 6.07) is 18.2. The zero-order chi connectivity index (χ0) is 25.9. The van der Waals surface area contributed by atoms with Crippen LogP contribution in [-0.4, -0.2) is 35.9 Å². The summed E-state index contributed by atoms with van der Waals surface area (Å²) in [6.45, 7) is 0. The first kappa shape index (κ1) is 28.4. The molecule has 2 aromatic carbocycles. The number of aromatic carboxylic acids is 2. The number of Topliss-reactive ketones (excluding diaryl/α,β-unsaturated/α-hetero) is 2. The minimum atomic E-state index is -1.34.